The zero-order valence-corrected chi connectivity index (χ0v) is 18.0. The molecule has 1 N–H and O–H groups in total. The smallest absolute Gasteiger partial charge is 0.426 e. The fraction of sp³-hybridized carbons (Fsp3) is 0.286. The highest BCUT2D eigenvalue weighted by Gasteiger charge is 2.61. The molecule has 3 rings (SSSR count). The summed E-state index contributed by atoms with van der Waals surface area (Å²) in [7, 11) is 0. The summed E-state index contributed by atoms with van der Waals surface area (Å²) in [5.41, 5.74) is -7.06. The van der Waals surface area contributed by atoms with Gasteiger partial charge in [0.1, 0.15) is 5.56 Å². The summed E-state index contributed by atoms with van der Waals surface area (Å²) >= 11 is 0. The van der Waals surface area contributed by atoms with Gasteiger partial charge >= 0.3 is 18.0 Å². The monoisotopic (exact) mass is 518 g/mol. The van der Waals surface area contributed by atoms with Gasteiger partial charge in [-0.25, -0.2) is 4.98 Å². The van der Waals surface area contributed by atoms with E-state index in [2.05, 4.69) is 21.8 Å². The molecule has 1 aromatic carbocycles. The van der Waals surface area contributed by atoms with Gasteiger partial charge in [0.05, 0.1) is 11.5 Å². The van der Waals surface area contributed by atoms with Crippen molar-refractivity contribution in [2.24, 2.45) is 0 Å². The Labute approximate surface area is 198 Å². The lowest BCUT2D eigenvalue weighted by molar-refractivity contribution is -0.384. The van der Waals surface area contributed by atoms with E-state index in [1.165, 1.54) is 18.2 Å². The first kappa shape index (κ1) is 26.6. The summed E-state index contributed by atoms with van der Waals surface area (Å²) in [6.07, 6.45) is -10.2. The Bertz CT molecular complexity index is 1250. The van der Waals surface area contributed by atoms with E-state index < -0.39 is 70.5 Å². The first-order valence-corrected chi connectivity index (χ1v) is 9.95. The van der Waals surface area contributed by atoms with Crippen LogP contribution in [0.5, 0.6) is 5.88 Å². The first-order chi connectivity index (χ1) is 16.8. The van der Waals surface area contributed by atoms with Gasteiger partial charge in [-0.3, -0.25) is 10.1 Å². The molecule has 0 aliphatic heterocycles. The second-order valence-electron chi connectivity index (χ2n) is 7.32. The molecule has 3 aromatic rings. The van der Waals surface area contributed by atoms with Crippen LogP contribution in [0.15, 0.2) is 53.5 Å². The van der Waals surface area contributed by atoms with E-state index in [4.69, 9.17) is 9.15 Å². The predicted molar refractivity (Wildman–Crippen MR) is 109 cm³/mol. The Kier molecular flexibility index (Phi) is 7.33. The molecule has 15 heteroatoms. The maximum atomic E-state index is 14.4. The van der Waals surface area contributed by atoms with E-state index in [0.717, 1.165) is 0 Å². The van der Waals surface area contributed by atoms with E-state index in [1.807, 2.05) is 0 Å². The number of nitro groups is 1. The number of ether oxygens (including phenoxy) is 1. The average Bonchev–Trinajstić information content (AvgIpc) is 3.28. The molecule has 0 fully saturated rings. The number of aromatic hydroxyl groups is 1. The van der Waals surface area contributed by atoms with Crippen LogP contribution in [0.1, 0.15) is 29.9 Å². The maximum Gasteiger partial charge on any atom is 0.426 e. The topological polar surface area (TPSA) is 124 Å². The van der Waals surface area contributed by atoms with Crippen LogP contribution in [0, 0.1) is 10.1 Å². The van der Waals surface area contributed by atoms with E-state index in [9.17, 15) is 41.6 Å². The van der Waals surface area contributed by atoms with Crippen LogP contribution in [0.4, 0.5) is 32.0 Å². The minimum absolute atomic E-state index is 0.0395. The number of alkyl halides is 6. The van der Waals surface area contributed by atoms with E-state index >= 15 is 0 Å². The minimum atomic E-state index is -5.21. The van der Waals surface area contributed by atoms with Crippen LogP contribution in [0.3, 0.4) is 0 Å². The quantitative estimate of drug-likeness (QED) is 0.165. The van der Waals surface area contributed by atoms with Gasteiger partial charge in [-0.1, -0.05) is 36.4 Å². The molecule has 0 spiro atoms. The molecule has 0 saturated carbocycles. The van der Waals surface area contributed by atoms with Crippen molar-refractivity contribution in [1.82, 2.24) is 15.2 Å². The van der Waals surface area contributed by atoms with Gasteiger partial charge in [-0.15, -0.1) is 16.8 Å². The van der Waals surface area contributed by atoms with Crippen molar-refractivity contribution in [2.75, 3.05) is 0 Å². The highest BCUT2D eigenvalue weighted by molar-refractivity contribution is 5.64. The largest absolute Gasteiger partial charge is 0.493 e. The van der Waals surface area contributed by atoms with Crippen molar-refractivity contribution in [3.8, 4) is 17.5 Å². The molecular weight excluding hydrogens is 502 g/mol. The van der Waals surface area contributed by atoms with Crippen LogP contribution < -0.4 is 0 Å². The molecule has 0 aliphatic carbocycles. The summed E-state index contributed by atoms with van der Waals surface area (Å²) in [5.74, 6) is -3.87. The second kappa shape index (κ2) is 9.93. The molecule has 2 aromatic heterocycles. The van der Waals surface area contributed by atoms with E-state index in [0.29, 0.717) is 5.56 Å². The molecule has 1 atom stereocenters. The van der Waals surface area contributed by atoms with Gasteiger partial charge < -0.3 is 14.3 Å². The third-order valence-electron chi connectivity index (χ3n) is 4.94. The molecule has 0 radical (unpaired) electrons. The van der Waals surface area contributed by atoms with Gasteiger partial charge in [0, 0.05) is 6.07 Å². The van der Waals surface area contributed by atoms with Crippen LogP contribution in [-0.2, 0) is 23.1 Å². The molecule has 0 bridgehead atoms. The van der Waals surface area contributed by atoms with Crippen molar-refractivity contribution in [3.63, 3.8) is 0 Å². The first-order valence-electron chi connectivity index (χ1n) is 9.95. The van der Waals surface area contributed by atoms with E-state index in [1.54, 1.807) is 18.2 Å². The molecule has 2 heterocycles. The van der Waals surface area contributed by atoms with Crippen LogP contribution in [0.2, 0.25) is 0 Å². The Hall–Kier alpha value is -4.01. The van der Waals surface area contributed by atoms with Crippen LogP contribution in [-0.4, -0.2) is 31.4 Å². The summed E-state index contributed by atoms with van der Waals surface area (Å²) < 4.78 is 92.6. The van der Waals surface area contributed by atoms with Crippen LogP contribution in [0.25, 0.3) is 11.6 Å². The Morgan fingerprint density at radius 3 is 2.36 bits per heavy atom. The number of benzene rings is 1. The Balaban J connectivity index is 2.13. The molecule has 9 nitrogen and oxygen atoms in total. The standard InChI is InChI=1S/C21H16F6N4O5/c1-2-3-9-19(21(25,26)27,35-11-12-7-5-4-6-8-12)18-30-29-17(36-18)15-14(31(33)34)10-13(16(32)28-15)20(22,23)24/h2,4-8,10H,1,3,9,11H2,(H,28,32)/t19-/m1/s1. The number of hydrogen-bond donors (Lipinski definition) is 1. The molecular formula is C21H16F6N4O5. The average molecular weight is 518 g/mol. The number of nitrogens with zero attached hydrogens (tertiary/aromatic N) is 4. The van der Waals surface area contributed by atoms with E-state index in [-0.39, 0.29) is 12.5 Å². The molecule has 0 aliphatic rings. The van der Waals surface area contributed by atoms with Crippen molar-refractivity contribution < 1.29 is 45.5 Å². The summed E-state index contributed by atoms with van der Waals surface area (Å²) in [6, 6.07) is 7.76. The minimum Gasteiger partial charge on any atom is -0.493 e. The number of aromatic nitrogens is 3. The highest BCUT2D eigenvalue weighted by Crippen LogP contribution is 2.47. The van der Waals surface area contributed by atoms with Crippen molar-refractivity contribution in [2.45, 2.75) is 37.4 Å². The fourth-order valence-corrected chi connectivity index (χ4v) is 3.15. The molecule has 192 valence electrons. The normalized spacial score (nSPS) is 13.8. The third kappa shape index (κ3) is 5.30. The van der Waals surface area contributed by atoms with Crippen molar-refractivity contribution in [1.29, 1.82) is 0 Å². The summed E-state index contributed by atoms with van der Waals surface area (Å²) in [4.78, 5) is 13.2. The lowest BCUT2D eigenvalue weighted by atomic mass is 9.96. The zero-order chi connectivity index (χ0) is 26.7. The fourth-order valence-electron chi connectivity index (χ4n) is 3.15. The lowest BCUT2D eigenvalue weighted by Crippen LogP contribution is -2.45. The predicted octanol–water partition coefficient (Wildman–Crippen LogP) is 5.70. The molecule has 0 saturated heterocycles. The van der Waals surface area contributed by atoms with Gasteiger partial charge in [0.15, 0.2) is 0 Å². The number of halogens is 6. The SMILES string of the molecule is C=CCC[C@@](OCc1ccccc1)(c1nnc(-c2nc(O)c(C(F)(F)F)cc2[N+](=O)[O-])o1)C(F)(F)F. The molecule has 36 heavy (non-hydrogen) atoms. The van der Waals surface area contributed by atoms with Gasteiger partial charge in [0.25, 0.3) is 11.8 Å². The Morgan fingerprint density at radius 2 is 1.81 bits per heavy atom. The highest BCUT2D eigenvalue weighted by atomic mass is 19.4. The molecule has 0 amide bonds. The van der Waals surface area contributed by atoms with Crippen molar-refractivity contribution >= 4 is 5.69 Å². The van der Waals surface area contributed by atoms with Gasteiger partial charge in [-0.05, 0) is 18.4 Å². The number of rotatable bonds is 9. The summed E-state index contributed by atoms with van der Waals surface area (Å²) in [5, 5.41) is 27.7. The third-order valence-corrected chi connectivity index (χ3v) is 4.94. The van der Waals surface area contributed by atoms with Gasteiger partial charge in [0.2, 0.25) is 17.2 Å². The second-order valence-corrected chi connectivity index (χ2v) is 7.32. The lowest BCUT2D eigenvalue weighted by Gasteiger charge is -2.32. The van der Waals surface area contributed by atoms with Crippen molar-refractivity contribution in [3.05, 3.63) is 76.2 Å². The molecule has 0 unspecified atom stereocenters. The maximum absolute atomic E-state index is 14.4. The Morgan fingerprint density at radius 1 is 1.14 bits per heavy atom. The zero-order valence-electron chi connectivity index (χ0n) is 18.0. The number of hydrogen-bond acceptors (Lipinski definition) is 8. The number of pyridine rings is 1. The van der Waals surface area contributed by atoms with Crippen LogP contribution >= 0.6 is 0 Å². The van der Waals surface area contributed by atoms with Gasteiger partial charge in [-0.2, -0.15) is 26.3 Å². The summed E-state index contributed by atoms with van der Waals surface area (Å²) in [6.45, 7) is 2.84. The number of allylic oxidation sites excluding steroid dienone is 1.